The molecule has 3 N–H and O–H groups in total. The standard InChI is InChI=1S/C18H16N6O4/c19-17(26)12-2-4-13(5-3-12)18-21-23-24(22-18)9-16(25)20-8-11-1-6-14-15(7-11)28-10-27-14/h1-7H,8-10H2,(H2,19,26)(H,20,25). The lowest BCUT2D eigenvalue weighted by Crippen LogP contribution is -2.28. The summed E-state index contributed by atoms with van der Waals surface area (Å²) < 4.78 is 10.6. The molecule has 0 atom stereocenters. The molecule has 10 nitrogen and oxygen atoms in total. The number of ether oxygens (including phenoxy) is 2. The Labute approximate surface area is 159 Å². The van der Waals surface area contributed by atoms with E-state index in [1.807, 2.05) is 12.1 Å². The van der Waals surface area contributed by atoms with Crippen molar-refractivity contribution in [2.75, 3.05) is 6.79 Å². The summed E-state index contributed by atoms with van der Waals surface area (Å²) in [6.45, 7) is 0.471. The number of carbonyl (C=O) groups is 2. The molecule has 1 aliphatic rings. The van der Waals surface area contributed by atoms with E-state index in [-0.39, 0.29) is 19.2 Å². The van der Waals surface area contributed by atoms with Crippen LogP contribution in [0.15, 0.2) is 42.5 Å². The molecule has 0 aliphatic carbocycles. The maximum absolute atomic E-state index is 12.1. The van der Waals surface area contributed by atoms with E-state index in [1.165, 1.54) is 4.80 Å². The number of amides is 2. The van der Waals surface area contributed by atoms with E-state index >= 15 is 0 Å². The summed E-state index contributed by atoms with van der Waals surface area (Å²) in [6, 6.07) is 12.0. The van der Waals surface area contributed by atoms with Crippen LogP contribution in [-0.2, 0) is 17.9 Å². The molecule has 28 heavy (non-hydrogen) atoms. The number of rotatable bonds is 6. The SMILES string of the molecule is NC(=O)c1ccc(-c2nnn(CC(=O)NCc3ccc4c(c3)OCO4)n2)cc1. The van der Waals surface area contributed by atoms with E-state index in [0.717, 1.165) is 5.56 Å². The van der Waals surface area contributed by atoms with Crippen LogP contribution in [-0.4, -0.2) is 38.8 Å². The number of benzene rings is 2. The highest BCUT2D eigenvalue weighted by molar-refractivity contribution is 5.93. The van der Waals surface area contributed by atoms with Crippen LogP contribution in [0.5, 0.6) is 11.5 Å². The smallest absolute Gasteiger partial charge is 0.248 e. The summed E-state index contributed by atoms with van der Waals surface area (Å²) in [6.07, 6.45) is 0. The van der Waals surface area contributed by atoms with Gasteiger partial charge in [-0.1, -0.05) is 18.2 Å². The van der Waals surface area contributed by atoms with Gasteiger partial charge in [-0.05, 0) is 35.0 Å². The second kappa shape index (κ2) is 7.35. The monoisotopic (exact) mass is 380 g/mol. The van der Waals surface area contributed by atoms with Crippen LogP contribution in [0.3, 0.4) is 0 Å². The molecule has 0 saturated carbocycles. The number of aromatic nitrogens is 4. The highest BCUT2D eigenvalue weighted by Crippen LogP contribution is 2.32. The van der Waals surface area contributed by atoms with Gasteiger partial charge in [-0.3, -0.25) is 9.59 Å². The van der Waals surface area contributed by atoms with E-state index in [4.69, 9.17) is 15.2 Å². The first-order valence-corrected chi connectivity index (χ1v) is 8.42. The molecule has 2 heterocycles. The molecule has 0 saturated heterocycles. The van der Waals surface area contributed by atoms with Crippen molar-refractivity contribution in [1.82, 2.24) is 25.5 Å². The molecule has 2 aromatic carbocycles. The lowest BCUT2D eigenvalue weighted by atomic mass is 10.1. The van der Waals surface area contributed by atoms with Gasteiger partial charge < -0.3 is 20.5 Å². The number of carbonyl (C=O) groups excluding carboxylic acids is 2. The van der Waals surface area contributed by atoms with Crippen LogP contribution in [0.4, 0.5) is 0 Å². The van der Waals surface area contributed by atoms with Crippen molar-refractivity contribution in [3.05, 3.63) is 53.6 Å². The van der Waals surface area contributed by atoms with Crippen molar-refractivity contribution in [2.24, 2.45) is 5.73 Å². The minimum absolute atomic E-state index is 0.0725. The summed E-state index contributed by atoms with van der Waals surface area (Å²) in [5, 5.41) is 14.8. The molecule has 10 heteroatoms. The molecule has 0 bridgehead atoms. The van der Waals surface area contributed by atoms with Crippen molar-refractivity contribution in [1.29, 1.82) is 0 Å². The first-order chi connectivity index (χ1) is 13.6. The maximum atomic E-state index is 12.1. The van der Waals surface area contributed by atoms with E-state index in [1.54, 1.807) is 30.3 Å². The number of nitrogens with zero attached hydrogens (tertiary/aromatic N) is 4. The predicted octanol–water partition coefficient (Wildman–Crippen LogP) is 0.484. The molecule has 4 rings (SSSR count). The van der Waals surface area contributed by atoms with Crippen molar-refractivity contribution in [2.45, 2.75) is 13.1 Å². The largest absolute Gasteiger partial charge is 0.454 e. The van der Waals surface area contributed by atoms with Gasteiger partial charge in [-0.25, -0.2) is 0 Å². The topological polar surface area (TPSA) is 134 Å². The molecule has 0 spiro atoms. The number of nitrogens with one attached hydrogen (secondary N) is 1. The summed E-state index contributed by atoms with van der Waals surface area (Å²) >= 11 is 0. The zero-order chi connectivity index (χ0) is 19.5. The third-order valence-corrected chi connectivity index (χ3v) is 4.09. The van der Waals surface area contributed by atoms with Crippen molar-refractivity contribution in [3.63, 3.8) is 0 Å². The first kappa shape index (κ1) is 17.5. The number of hydrogen-bond acceptors (Lipinski definition) is 7. The van der Waals surface area contributed by atoms with Crippen LogP contribution in [0.2, 0.25) is 0 Å². The summed E-state index contributed by atoms with van der Waals surface area (Å²) in [7, 11) is 0. The maximum Gasteiger partial charge on any atom is 0.248 e. The fraction of sp³-hybridized carbons (Fsp3) is 0.167. The van der Waals surface area contributed by atoms with Crippen LogP contribution in [0.25, 0.3) is 11.4 Å². The molecule has 142 valence electrons. The summed E-state index contributed by atoms with van der Waals surface area (Å²) in [4.78, 5) is 24.4. The van der Waals surface area contributed by atoms with E-state index in [0.29, 0.717) is 35.0 Å². The Hall–Kier alpha value is -3.95. The number of tetrazole rings is 1. The first-order valence-electron chi connectivity index (χ1n) is 8.42. The van der Waals surface area contributed by atoms with Crippen molar-refractivity contribution >= 4 is 11.8 Å². The fourth-order valence-electron chi connectivity index (χ4n) is 2.65. The van der Waals surface area contributed by atoms with Gasteiger partial charge in [0, 0.05) is 17.7 Å². The molecular formula is C18H16N6O4. The lowest BCUT2D eigenvalue weighted by molar-refractivity contribution is -0.122. The third-order valence-electron chi connectivity index (χ3n) is 4.09. The Morgan fingerprint density at radius 3 is 2.68 bits per heavy atom. The van der Waals surface area contributed by atoms with Gasteiger partial charge in [0.05, 0.1) is 0 Å². The number of hydrogen-bond donors (Lipinski definition) is 2. The highest BCUT2D eigenvalue weighted by Gasteiger charge is 2.14. The molecule has 3 aromatic rings. The van der Waals surface area contributed by atoms with Gasteiger partial charge in [0.2, 0.25) is 24.4 Å². The zero-order valence-corrected chi connectivity index (χ0v) is 14.7. The Balaban J connectivity index is 1.34. The molecule has 2 amide bonds. The Morgan fingerprint density at radius 2 is 1.89 bits per heavy atom. The second-order valence-corrected chi connectivity index (χ2v) is 6.05. The normalized spacial score (nSPS) is 12.0. The third kappa shape index (κ3) is 3.75. The molecule has 1 aromatic heterocycles. The van der Waals surface area contributed by atoms with Gasteiger partial charge >= 0.3 is 0 Å². The minimum atomic E-state index is -0.512. The average molecular weight is 380 g/mol. The van der Waals surface area contributed by atoms with Crippen LogP contribution >= 0.6 is 0 Å². The molecule has 0 radical (unpaired) electrons. The van der Waals surface area contributed by atoms with Gasteiger partial charge in [0.25, 0.3) is 0 Å². The lowest BCUT2D eigenvalue weighted by Gasteiger charge is -2.05. The van der Waals surface area contributed by atoms with Gasteiger partial charge in [-0.15, -0.1) is 10.2 Å². The Morgan fingerprint density at radius 1 is 1.11 bits per heavy atom. The van der Waals surface area contributed by atoms with Crippen LogP contribution < -0.4 is 20.5 Å². The zero-order valence-electron chi connectivity index (χ0n) is 14.7. The predicted molar refractivity (Wildman–Crippen MR) is 96.2 cm³/mol. The van der Waals surface area contributed by atoms with Crippen molar-refractivity contribution in [3.8, 4) is 22.9 Å². The number of fused-ring (bicyclic) bond motifs is 1. The Bertz CT molecular complexity index is 1030. The van der Waals surface area contributed by atoms with Crippen molar-refractivity contribution < 1.29 is 19.1 Å². The molecule has 1 aliphatic heterocycles. The molecule has 0 unspecified atom stereocenters. The number of nitrogens with two attached hydrogens (primary N) is 1. The van der Waals surface area contributed by atoms with E-state index in [9.17, 15) is 9.59 Å². The fourth-order valence-corrected chi connectivity index (χ4v) is 2.65. The van der Waals surface area contributed by atoms with Crippen LogP contribution in [0.1, 0.15) is 15.9 Å². The van der Waals surface area contributed by atoms with E-state index < -0.39 is 5.91 Å². The summed E-state index contributed by atoms with van der Waals surface area (Å²) in [5.41, 5.74) is 7.15. The number of primary amides is 1. The highest BCUT2D eigenvalue weighted by atomic mass is 16.7. The minimum Gasteiger partial charge on any atom is -0.454 e. The second-order valence-electron chi connectivity index (χ2n) is 6.05. The van der Waals surface area contributed by atoms with Gasteiger partial charge in [0.15, 0.2) is 11.5 Å². The molecule has 0 fully saturated rings. The van der Waals surface area contributed by atoms with Gasteiger partial charge in [-0.2, -0.15) is 4.80 Å². The Kier molecular flexibility index (Phi) is 4.58. The quantitative estimate of drug-likeness (QED) is 0.635. The summed E-state index contributed by atoms with van der Waals surface area (Å²) in [5.74, 6) is 0.933. The van der Waals surface area contributed by atoms with Crippen LogP contribution in [0, 0.1) is 0 Å². The molecular weight excluding hydrogens is 364 g/mol. The average Bonchev–Trinajstić information content (AvgIpc) is 3.35. The van der Waals surface area contributed by atoms with Gasteiger partial charge in [0.1, 0.15) is 6.54 Å². The van der Waals surface area contributed by atoms with E-state index in [2.05, 4.69) is 20.7 Å².